The molecule has 0 bridgehead atoms. The van der Waals surface area contributed by atoms with Crippen LogP contribution < -0.4 is 4.90 Å². The van der Waals surface area contributed by atoms with Gasteiger partial charge in [-0.15, -0.1) is 22.7 Å². The second-order valence-electron chi connectivity index (χ2n) is 6.65. The van der Waals surface area contributed by atoms with E-state index in [-0.39, 0.29) is 19.1 Å². The van der Waals surface area contributed by atoms with Gasteiger partial charge in [-0.2, -0.15) is 0 Å². The topological polar surface area (TPSA) is 76.4 Å². The van der Waals surface area contributed by atoms with Crippen LogP contribution in [-0.2, 0) is 4.79 Å². The van der Waals surface area contributed by atoms with E-state index >= 15 is 0 Å². The molecule has 8 heteroatoms. The first-order valence-corrected chi connectivity index (χ1v) is 10.6. The molecular formula is C20H21N3O3S2. The maximum Gasteiger partial charge on any atom is 0.277 e. The monoisotopic (exact) mass is 415 g/mol. The summed E-state index contributed by atoms with van der Waals surface area (Å²) < 4.78 is 2.32. The number of hydrogen-bond donors (Lipinski definition) is 2. The number of hydrogen-bond acceptors (Lipinski definition) is 7. The zero-order valence-electron chi connectivity index (χ0n) is 15.7. The van der Waals surface area contributed by atoms with Crippen LogP contribution in [-0.4, -0.2) is 60.2 Å². The summed E-state index contributed by atoms with van der Waals surface area (Å²) in [5.41, 5.74) is 0.472. The van der Waals surface area contributed by atoms with Crippen molar-refractivity contribution in [3.05, 3.63) is 34.8 Å². The normalized spacial score (nSPS) is 16.0. The Morgan fingerprint density at radius 3 is 2.39 bits per heavy atom. The molecule has 0 radical (unpaired) electrons. The van der Waals surface area contributed by atoms with Gasteiger partial charge in [0, 0.05) is 34.4 Å². The fourth-order valence-corrected chi connectivity index (χ4v) is 5.46. The predicted molar refractivity (Wildman–Crippen MR) is 117 cm³/mol. The zero-order chi connectivity index (χ0) is 19.8. The van der Waals surface area contributed by atoms with E-state index in [1.54, 1.807) is 34.6 Å². The number of likely N-dealkylation sites (N-methyl/N-ethyl adjacent to an activating group) is 1. The molecule has 0 atom stereocenters. The number of aliphatic hydroxyl groups is 2. The standard InChI is InChI=1S/C20H21N3O3S2/c1-12-21-16(20(26)22(12)2)10-15-8-13-7-14-9-19(23(3-5-24)4-6-25)28-18(14)11-17(13)27-15/h7-11,24-25H,3-6H2,1-2H3/b16-10+. The van der Waals surface area contributed by atoms with E-state index < -0.39 is 0 Å². The van der Waals surface area contributed by atoms with Crippen LogP contribution >= 0.6 is 22.7 Å². The quantitative estimate of drug-likeness (QED) is 0.607. The Morgan fingerprint density at radius 1 is 1.07 bits per heavy atom. The maximum absolute atomic E-state index is 12.2. The molecule has 146 valence electrons. The number of aliphatic imine (C=N–C) groups is 1. The minimum absolute atomic E-state index is 0.0528. The summed E-state index contributed by atoms with van der Waals surface area (Å²) in [6, 6.07) is 8.50. The second-order valence-corrected chi connectivity index (χ2v) is 8.83. The first-order valence-electron chi connectivity index (χ1n) is 8.99. The van der Waals surface area contributed by atoms with Crippen LogP contribution in [0.5, 0.6) is 0 Å². The van der Waals surface area contributed by atoms with Crippen LogP contribution in [0, 0.1) is 0 Å². The Morgan fingerprint density at radius 2 is 1.75 bits per heavy atom. The van der Waals surface area contributed by atoms with Crippen molar-refractivity contribution in [1.29, 1.82) is 0 Å². The lowest BCUT2D eigenvalue weighted by Crippen LogP contribution is -2.28. The molecule has 1 aliphatic heterocycles. The van der Waals surface area contributed by atoms with Gasteiger partial charge in [0.2, 0.25) is 0 Å². The lowest BCUT2D eigenvalue weighted by Gasteiger charge is -2.20. The number of fused-ring (bicyclic) bond motifs is 2. The zero-order valence-corrected chi connectivity index (χ0v) is 17.3. The summed E-state index contributed by atoms with van der Waals surface area (Å²) in [5.74, 6) is 0.633. The summed E-state index contributed by atoms with van der Waals surface area (Å²) in [4.78, 5) is 21.1. The van der Waals surface area contributed by atoms with E-state index in [0.29, 0.717) is 24.6 Å². The Bertz CT molecular complexity index is 1060. The molecule has 0 unspecified atom stereocenters. The molecule has 0 saturated heterocycles. The van der Waals surface area contributed by atoms with E-state index in [4.69, 9.17) is 0 Å². The predicted octanol–water partition coefficient (Wildman–Crippen LogP) is 3.14. The first-order chi connectivity index (χ1) is 13.5. The van der Waals surface area contributed by atoms with Gasteiger partial charge in [0.1, 0.15) is 11.5 Å². The molecule has 1 aromatic carbocycles. The number of carbonyl (C=O) groups excluding carboxylic acids is 1. The third kappa shape index (κ3) is 3.44. The molecule has 1 amide bonds. The Balaban J connectivity index is 1.69. The van der Waals surface area contributed by atoms with Crippen molar-refractivity contribution in [2.24, 2.45) is 4.99 Å². The minimum atomic E-state index is -0.0755. The van der Waals surface area contributed by atoms with Gasteiger partial charge in [-0.05, 0) is 48.0 Å². The average Bonchev–Trinajstić information content (AvgIpc) is 3.31. The second kappa shape index (κ2) is 7.63. The number of amidine groups is 1. The van der Waals surface area contributed by atoms with Crippen molar-refractivity contribution in [2.75, 3.05) is 38.3 Å². The molecule has 28 heavy (non-hydrogen) atoms. The highest BCUT2D eigenvalue weighted by molar-refractivity contribution is 7.24. The number of benzene rings is 1. The van der Waals surface area contributed by atoms with Gasteiger partial charge in [-0.25, -0.2) is 4.99 Å². The van der Waals surface area contributed by atoms with Crippen LogP contribution in [0.2, 0.25) is 0 Å². The summed E-state index contributed by atoms with van der Waals surface area (Å²) >= 11 is 3.29. The van der Waals surface area contributed by atoms with Crippen molar-refractivity contribution < 1.29 is 15.0 Å². The summed E-state index contributed by atoms with van der Waals surface area (Å²) in [5, 5.41) is 21.8. The van der Waals surface area contributed by atoms with Crippen molar-refractivity contribution in [2.45, 2.75) is 6.92 Å². The average molecular weight is 416 g/mol. The fraction of sp³-hybridized carbons (Fsp3) is 0.300. The number of carbonyl (C=O) groups is 1. The van der Waals surface area contributed by atoms with Crippen LogP contribution in [0.25, 0.3) is 26.2 Å². The van der Waals surface area contributed by atoms with Gasteiger partial charge in [0.25, 0.3) is 5.91 Å². The Labute approximate surface area is 170 Å². The van der Waals surface area contributed by atoms with E-state index in [1.807, 2.05) is 17.9 Å². The van der Waals surface area contributed by atoms with Gasteiger partial charge in [0.15, 0.2) is 0 Å². The molecule has 6 nitrogen and oxygen atoms in total. The maximum atomic E-state index is 12.2. The van der Waals surface area contributed by atoms with Crippen molar-refractivity contribution in [3.8, 4) is 0 Å². The molecule has 3 heterocycles. The number of rotatable bonds is 6. The first kappa shape index (κ1) is 19.1. The van der Waals surface area contributed by atoms with Crippen LogP contribution in [0.4, 0.5) is 5.00 Å². The fourth-order valence-electron chi connectivity index (χ4n) is 3.23. The Kier molecular flexibility index (Phi) is 5.20. The summed E-state index contributed by atoms with van der Waals surface area (Å²) in [6.45, 7) is 2.93. The molecule has 2 aromatic heterocycles. The molecule has 0 fully saturated rings. The lowest BCUT2D eigenvalue weighted by atomic mass is 10.2. The third-order valence-electron chi connectivity index (χ3n) is 4.78. The van der Waals surface area contributed by atoms with E-state index in [1.165, 1.54) is 0 Å². The summed E-state index contributed by atoms with van der Waals surface area (Å²) in [6.07, 6.45) is 1.85. The highest BCUT2D eigenvalue weighted by Gasteiger charge is 2.23. The van der Waals surface area contributed by atoms with E-state index in [2.05, 4.69) is 29.3 Å². The molecule has 4 rings (SSSR count). The van der Waals surface area contributed by atoms with Crippen LogP contribution in [0.3, 0.4) is 0 Å². The Hall–Kier alpha value is -2.26. The van der Waals surface area contributed by atoms with Crippen LogP contribution in [0.15, 0.2) is 35.0 Å². The number of aliphatic hydroxyl groups excluding tert-OH is 2. The van der Waals surface area contributed by atoms with Gasteiger partial charge in [-0.1, -0.05) is 0 Å². The molecule has 0 spiro atoms. The highest BCUT2D eigenvalue weighted by atomic mass is 32.1. The van der Waals surface area contributed by atoms with Crippen LogP contribution in [0.1, 0.15) is 11.8 Å². The van der Waals surface area contributed by atoms with Gasteiger partial charge >= 0.3 is 0 Å². The van der Waals surface area contributed by atoms with E-state index in [9.17, 15) is 15.0 Å². The number of thiophene rings is 2. The van der Waals surface area contributed by atoms with E-state index in [0.717, 1.165) is 30.1 Å². The smallest absolute Gasteiger partial charge is 0.277 e. The van der Waals surface area contributed by atoms with Gasteiger partial charge < -0.3 is 15.1 Å². The van der Waals surface area contributed by atoms with Gasteiger partial charge in [-0.3, -0.25) is 9.69 Å². The molecule has 3 aromatic rings. The minimum Gasteiger partial charge on any atom is -0.395 e. The largest absolute Gasteiger partial charge is 0.395 e. The van der Waals surface area contributed by atoms with Crippen molar-refractivity contribution in [1.82, 2.24) is 4.90 Å². The molecule has 0 saturated carbocycles. The number of anilines is 1. The number of nitrogens with zero attached hydrogens (tertiary/aromatic N) is 3. The lowest BCUT2D eigenvalue weighted by molar-refractivity contribution is -0.121. The molecule has 1 aliphatic rings. The molecule has 2 N–H and O–H groups in total. The number of amides is 1. The van der Waals surface area contributed by atoms with Crippen molar-refractivity contribution >= 4 is 65.7 Å². The van der Waals surface area contributed by atoms with Crippen molar-refractivity contribution in [3.63, 3.8) is 0 Å². The third-order valence-corrected chi connectivity index (χ3v) is 6.99. The summed E-state index contributed by atoms with van der Waals surface area (Å²) in [7, 11) is 1.73. The SMILES string of the molecule is CC1=N/C(=C/c2cc3cc4cc(N(CCO)CCO)sc4cc3s2)C(=O)N1C. The molecular weight excluding hydrogens is 394 g/mol. The highest BCUT2D eigenvalue weighted by Crippen LogP contribution is 2.38. The van der Waals surface area contributed by atoms with Gasteiger partial charge in [0.05, 0.1) is 18.2 Å². The molecule has 0 aliphatic carbocycles.